The van der Waals surface area contributed by atoms with Gasteiger partial charge in [-0.15, -0.1) is 5.10 Å². The van der Waals surface area contributed by atoms with E-state index in [4.69, 9.17) is 24.7 Å². The molecule has 5 rings (SSSR count). The van der Waals surface area contributed by atoms with Gasteiger partial charge in [-0.2, -0.15) is 5.10 Å². The lowest BCUT2D eigenvalue weighted by Gasteiger charge is -2.22. The number of anilines is 1. The van der Waals surface area contributed by atoms with Crippen LogP contribution in [0.3, 0.4) is 0 Å². The highest BCUT2D eigenvalue weighted by Gasteiger charge is 2.27. The fourth-order valence-electron chi connectivity index (χ4n) is 4.16. The minimum absolute atomic E-state index is 0.0132. The highest BCUT2D eigenvalue weighted by atomic mass is 16.5. The van der Waals surface area contributed by atoms with E-state index in [9.17, 15) is 5.11 Å². The molecule has 33 heavy (non-hydrogen) atoms. The largest absolute Gasteiger partial charge is 0.492 e. The predicted molar refractivity (Wildman–Crippen MR) is 124 cm³/mol. The van der Waals surface area contributed by atoms with E-state index >= 15 is 0 Å². The number of hydrogen-bond donors (Lipinski definition) is 2. The minimum Gasteiger partial charge on any atom is -0.492 e. The number of hydrogen-bond acceptors (Lipinski definition) is 8. The molecule has 1 saturated heterocycles. The van der Waals surface area contributed by atoms with Crippen molar-refractivity contribution in [3.63, 3.8) is 0 Å². The zero-order valence-corrected chi connectivity index (χ0v) is 19.2. The SMILES string of the molecule is CCOc1ccc2c3c(-c4nc(N[C@@H](C)CO)ncc4C)nn(C4CCCCO4)c3nn2c1. The van der Waals surface area contributed by atoms with Crippen LogP contribution >= 0.6 is 0 Å². The molecule has 1 aliphatic rings. The number of nitrogens with one attached hydrogen (secondary N) is 1. The first-order valence-corrected chi connectivity index (χ1v) is 11.5. The molecule has 4 aromatic heterocycles. The molecule has 0 aliphatic carbocycles. The monoisotopic (exact) mass is 451 g/mol. The number of ether oxygens (including phenoxy) is 2. The molecule has 10 heteroatoms. The molecule has 1 unspecified atom stereocenters. The van der Waals surface area contributed by atoms with E-state index in [0.717, 1.165) is 58.5 Å². The van der Waals surface area contributed by atoms with Crippen molar-refractivity contribution in [3.8, 4) is 17.1 Å². The van der Waals surface area contributed by atoms with E-state index in [-0.39, 0.29) is 18.9 Å². The number of aliphatic hydroxyl groups excluding tert-OH is 1. The standard InChI is InChI=1S/C23H29N7O3/c1-4-32-16-8-9-17-19-21(20-14(2)11-24-23(26-20)25-15(3)13-31)27-30(18-7-5-6-10-33-18)22(19)28-29(17)12-16/h8-9,11-12,15,18,31H,4-7,10,13H2,1-3H3,(H,24,25,26)/t15-,18?/m0/s1. The van der Waals surface area contributed by atoms with E-state index in [1.54, 1.807) is 6.20 Å². The molecule has 1 fully saturated rings. The van der Waals surface area contributed by atoms with E-state index in [0.29, 0.717) is 19.2 Å². The van der Waals surface area contributed by atoms with Crippen LogP contribution in [-0.2, 0) is 4.74 Å². The Bertz CT molecular complexity index is 1280. The van der Waals surface area contributed by atoms with Gasteiger partial charge in [0.05, 0.1) is 36.0 Å². The molecular weight excluding hydrogens is 422 g/mol. The fourth-order valence-corrected chi connectivity index (χ4v) is 4.16. The van der Waals surface area contributed by atoms with Gasteiger partial charge in [0.2, 0.25) is 5.95 Å². The molecule has 0 amide bonds. The van der Waals surface area contributed by atoms with Gasteiger partial charge >= 0.3 is 0 Å². The number of fused-ring (bicyclic) bond motifs is 3. The number of pyridine rings is 1. The first-order chi connectivity index (χ1) is 16.1. The van der Waals surface area contributed by atoms with Crippen LogP contribution in [0, 0.1) is 6.92 Å². The fraction of sp³-hybridized carbons (Fsp3) is 0.478. The molecule has 0 saturated carbocycles. The van der Waals surface area contributed by atoms with E-state index in [1.165, 1.54) is 0 Å². The van der Waals surface area contributed by atoms with Crippen LogP contribution in [0.4, 0.5) is 5.95 Å². The summed E-state index contributed by atoms with van der Waals surface area (Å²) < 4.78 is 15.5. The topological polar surface area (TPSA) is 112 Å². The maximum atomic E-state index is 9.41. The van der Waals surface area contributed by atoms with E-state index in [2.05, 4.69) is 10.3 Å². The Morgan fingerprint density at radius 2 is 2.15 bits per heavy atom. The molecule has 0 bridgehead atoms. The first-order valence-electron chi connectivity index (χ1n) is 11.5. The average molecular weight is 452 g/mol. The van der Waals surface area contributed by atoms with Crippen molar-refractivity contribution >= 4 is 22.5 Å². The number of rotatable bonds is 7. The summed E-state index contributed by atoms with van der Waals surface area (Å²) in [5.74, 6) is 1.21. The molecule has 0 radical (unpaired) electrons. The van der Waals surface area contributed by atoms with Crippen molar-refractivity contribution in [1.82, 2.24) is 29.4 Å². The van der Waals surface area contributed by atoms with Crippen LogP contribution in [0.25, 0.3) is 27.9 Å². The quantitative estimate of drug-likeness (QED) is 0.440. The Morgan fingerprint density at radius 1 is 1.27 bits per heavy atom. The first kappa shape index (κ1) is 21.6. The van der Waals surface area contributed by atoms with Crippen LogP contribution in [0.15, 0.2) is 24.5 Å². The van der Waals surface area contributed by atoms with Crippen LogP contribution < -0.4 is 10.1 Å². The zero-order valence-electron chi connectivity index (χ0n) is 19.2. The summed E-state index contributed by atoms with van der Waals surface area (Å²) in [5.41, 5.74) is 4.03. The molecule has 2 N–H and O–H groups in total. The molecule has 0 spiro atoms. The van der Waals surface area contributed by atoms with Gasteiger partial charge in [0.1, 0.15) is 11.4 Å². The second-order valence-electron chi connectivity index (χ2n) is 8.39. The van der Waals surface area contributed by atoms with Crippen LogP contribution in [0.2, 0.25) is 0 Å². The number of aryl methyl sites for hydroxylation is 1. The number of aromatic nitrogens is 6. The van der Waals surface area contributed by atoms with Crippen molar-refractivity contribution in [2.75, 3.05) is 25.1 Å². The highest BCUT2D eigenvalue weighted by Crippen LogP contribution is 2.36. The normalized spacial score (nSPS) is 17.5. The van der Waals surface area contributed by atoms with Crippen molar-refractivity contribution < 1.29 is 14.6 Å². The zero-order chi connectivity index (χ0) is 22.9. The summed E-state index contributed by atoms with van der Waals surface area (Å²) >= 11 is 0. The van der Waals surface area contributed by atoms with E-state index in [1.807, 2.05) is 48.3 Å². The number of aliphatic hydroxyl groups is 1. The smallest absolute Gasteiger partial charge is 0.223 e. The van der Waals surface area contributed by atoms with Gasteiger partial charge in [-0.05, 0) is 57.7 Å². The third-order valence-corrected chi connectivity index (χ3v) is 5.83. The summed E-state index contributed by atoms with van der Waals surface area (Å²) in [4.78, 5) is 9.14. The van der Waals surface area contributed by atoms with Crippen molar-refractivity contribution in [1.29, 1.82) is 0 Å². The molecule has 0 aromatic carbocycles. The van der Waals surface area contributed by atoms with Gasteiger partial charge < -0.3 is 19.9 Å². The Kier molecular flexibility index (Phi) is 5.86. The second-order valence-corrected chi connectivity index (χ2v) is 8.39. The van der Waals surface area contributed by atoms with Gasteiger partial charge in [-0.1, -0.05) is 0 Å². The average Bonchev–Trinajstić information content (AvgIpc) is 3.38. The van der Waals surface area contributed by atoms with Crippen molar-refractivity contribution in [2.24, 2.45) is 0 Å². The Labute approximate surface area is 191 Å². The van der Waals surface area contributed by atoms with Gasteiger partial charge in [0.15, 0.2) is 11.9 Å². The molecular formula is C23H29N7O3. The van der Waals surface area contributed by atoms with Gasteiger partial charge in [-0.3, -0.25) is 0 Å². The third kappa shape index (κ3) is 4.00. The third-order valence-electron chi connectivity index (χ3n) is 5.83. The summed E-state index contributed by atoms with van der Waals surface area (Å²) in [6.07, 6.45) is 6.52. The molecule has 4 aromatic rings. The number of nitrogens with zero attached hydrogens (tertiary/aromatic N) is 6. The summed E-state index contributed by atoms with van der Waals surface area (Å²) in [6.45, 7) is 7.08. The Balaban J connectivity index is 1.71. The van der Waals surface area contributed by atoms with Gasteiger partial charge in [0.25, 0.3) is 0 Å². The summed E-state index contributed by atoms with van der Waals surface area (Å²) in [7, 11) is 0. The lowest BCUT2D eigenvalue weighted by Crippen LogP contribution is -2.21. The van der Waals surface area contributed by atoms with Crippen LogP contribution in [0.1, 0.15) is 44.9 Å². The van der Waals surface area contributed by atoms with Crippen LogP contribution in [0.5, 0.6) is 5.75 Å². The highest BCUT2D eigenvalue weighted by molar-refractivity contribution is 6.03. The summed E-state index contributed by atoms with van der Waals surface area (Å²) in [5, 5.41) is 23.3. The summed E-state index contributed by atoms with van der Waals surface area (Å²) in [6, 6.07) is 3.78. The molecule has 2 atom stereocenters. The lowest BCUT2D eigenvalue weighted by molar-refractivity contribution is -0.0369. The van der Waals surface area contributed by atoms with Gasteiger partial charge in [-0.25, -0.2) is 19.2 Å². The predicted octanol–water partition coefficient (Wildman–Crippen LogP) is 3.34. The second kappa shape index (κ2) is 8.95. The maximum Gasteiger partial charge on any atom is 0.223 e. The molecule has 174 valence electrons. The molecule has 5 heterocycles. The van der Waals surface area contributed by atoms with E-state index < -0.39 is 0 Å². The lowest BCUT2D eigenvalue weighted by atomic mass is 10.1. The van der Waals surface area contributed by atoms with Crippen LogP contribution in [-0.4, -0.2) is 60.3 Å². The van der Waals surface area contributed by atoms with Crippen molar-refractivity contribution in [2.45, 2.75) is 52.3 Å². The Hall–Kier alpha value is -3.24. The minimum atomic E-state index is -0.166. The molecule has 1 aliphatic heterocycles. The maximum absolute atomic E-state index is 9.41. The van der Waals surface area contributed by atoms with Gasteiger partial charge in [0, 0.05) is 18.8 Å². The van der Waals surface area contributed by atoms with Crippen molar-refractivity contribution in [3.05, 3.63) is 30.1 Å². The molecule has 10 nitrogen and oxygen atoms in total. The Morgan fingerprint density at radius 3 is 2.91 bits per heavy atom.